The molecular formula is C16H20N2O3. The largest absolute Gasteiger partial charge is 0.478 e. The fraction of sp³-hybridized carbons (Fsp3) is 0.375. The molecule has 0 aromatic heterocycles. The minimum Gasteiger partial charge on any atom is -0.478 e. The molecule has 1 fully saturated rings. The molecule has 21 heavy (non-hydrogen) atoms. The smallest absolute Gasteiger partial charge is 0.328 e. The van der Waals surface area contributed by atoms with Gasteiger partial charge in [0.15, 0.2) is 0 Å². The van der Waals surface area contributed by atoms with Crippen LogP contribution in [0.4, 0.5) is 4.79 Å². The number of carbonyl (C=O) groups is 2. The minimum atomic E-state index is -0.967. The Kier molecular flexibility index (Phi) is 4.98. The van der Waals surface area contributed by atoms with Crippen LogP contribution in [-0.4, -0.2) is 35.1 Å². The summed E-state index contributed by atoms with van der Waals surface area (Å²) >= 11 is 0. The van der Waals surface area contributed by atoms with Gasteiger partial charge in [-0.3, -0.25) is 0 Å². The lowest BCUT2D eigenvalue weighted by Gasteiger charge is -2.20. The van der Waals surface area contributed by atoms with E-state index in [-0.39, 0.29) is 12.1 Å². The Balaban J connectivity index is 1.94. The summed E-state index contributed by atoms with van der Waals surface area (Å²) in [6.45, 7) is 3.60. The molecule has 1 atom stereocenters. The van der Waals surface area contributed by atoms with Gasteiger partial charge in [-0.15, -0.1) is 0 Å². The second-order valence-electron chi connectivity index (χ2n) is 5.20. The third kappa shape index (κ3) is 4.34. The van der Waals surface area contributed by atoms with Crippen LogP contribution in [0, 0.1) is 0 Å². The molecule has 0 saturated carbocycles. The normalized spacial score (nSPS) is 16.1. The van der Waals surface area contributed by atoms with Crippen LogP contribution >= 0.6 is 0 Å². The van der Waals surface area contributed by atoms with E-state index in [4.69, 9.17) is 5.11 Å². The van der Waals surface area contributed by atoms with Crippen molar-refractivity contribution in [2.24, 2.45) is 0 Å². The first kappa shape index (κ1) is 15.1. The topological polar surface area (TPSA) is 69.6 Å². The van der Waals surface area contributed by atoms with Crippen molar-refractivity contribution < 1.29 is 14.7 Å². The van der Waals surface area contributed by atoms with Gasteiger partial charge in [-0.25, -0.2) is 9.59 Å². The summed E-state index contributed by atoms with van der Waals surface area (Å²) in [5.41, 5.74) is 1.81. The molecule has 0 aliphatic carbocycles. The molecule has 112 valence electrons. The number of hydrogen-bond acceptors (Lipinski definition) is 2. The van der Waals surface area contributed by atoms with E-state index in [2.05, 4.69) is 5.32 Å². The maximum absolute atomic E-state index is 12.0. The maximum Gasteiger partial charge on any atom is 0.328 e. The zero-order chi connectivity index (χ0) is 15.2. The van der Waals surface area contributed by atoms with Gasteiger partial charge in [0, 0.05) is 19.2 Å². The summed E-state index contributed by atoms with van der Waals surface area (Å²) in [5.74, 6) is -0.967. The average Bonchev–Trinajstić information content (AvgIpc) is 3.00. The van der Waals surface area contributed by atoms with Gasteiger partial charge < -0.3 is 15.3 Å². The molecule has 2 rings (SSSR count). The Labute approximate surface area is 124 Å². The molecule has 1 aliphatic heterocycles. The number of rotatable bonds is 4. The first-order valence-electron chi connectivity index (χ1n) is 7.12. The highest BCUT2D eigenvalue weighted by molar-refractivity contribution is 5.85. The Hall–Kier alpha value is -2.30. The van der Waals surface area contributed by atoms with Crippen molar-refractivity contribution >= 4 is 18.1 Å². The molecule has 1 aliphatic rings. The summed E-state index contributed by atoms with van der Waals surface area (Å²) < 4.78 is 0. The number of amides is 2. The molecule has 1 aromatic carbocycles. The molecule has 2 amide bonds. The zero-order valence-electron chi connectivity index (χ0n) is 12.1. The highest BCUT2D eigenvalue weighted by atomic mass is 16.4. The van der Waals surface area contributed by atoms with E-state index >= 15 is 0 Å². The molecule has 1 heterocycles. The first-order valence-corrected chi connectivity index (χ1v) is 7.12. The number of carboxylic acid groups (broad SMARTS) is 1. The van der Waals surface area contributed by atoms with Gasteiger partial charge in [-0.1, -0.05) is 24.3 Å². The van der Waals surface area contributed by atoms with E-state index in [9.17, 15) is 9.59 Å². The lowest BCUT2D eigenvalue weighted by molar-refractivity contribution is -0.131. The quantitative estimate of drug-likeness (QED) is 0.837. The second kappa shape index (κ2) is 6.92. The van der Waals surface area contributed by atoms with Crippen molar-refractivity contribution in [2.45, 2.75) is 25.8 Å². The zero-order valence-corrected chi connectivity index (χ0v) is 12.1. The van der Waals surface area contributed by atoms with Crippen molar-refractivity contribution in [1.82, 2.24) is 10.2 Å². The first-order chi connectivity index (χ1) is 10.1. The van der Waals surface area contributed by atoms with Crippen molar-refractivity contribution in [3.63, 3.8) is 0 Å². The number of aliphatic carboxylic acids is 1. The van der Waals surface area contributed by atoms with Crippen LogP contribution in [0.2, 0.25) is 0 Å². The van der Waals surface area contributed by atoms with Crippen LogP contribution < -0.4 is 5.32 Å². The highest BCUT2D eigenvalue weighted by Gasteiger charge is 2.19. The van der Waals surface area contributed by atoms with Gasteiger partial charge in [-0.2, -0.15) is 0 Å². The number of likely N-dealkylation sites (tertiary alicyclic amines) is 1. The number of nitrogens with zero attached hydrogens (tertiary/aromatic N) is 1. The summed E-state index contributed by atoms with van der Waals surface area (Å²) in [6, 6.07) is 7.39. The van der Waals surface area contributed by atoms with E-state index < -0.39 is 5.97 Å². The van der Waals surface area contributed by atoms with Gasteiger partial charge in [0.25, 0.3) is 0 Å². The Morgan fingerprint density at radius 3 is 2.43 bits per heavy atom. The third-order valence-electron chi connectivity index (χ3n) is 3.59. The number of nitrogens with one attached hydrogen (secondary N) is 1. The predicted molar refractivity (Wildman–Crippen MR) is 80.9 cm³/mol. The van der Waals surface area contributed by atoms with Crippen LogP contribution in [0.3, 0.4) is 0 Å². The minimum absolute atomic E-state index is 0.0187. The molecule has 5 heteroatoms. The van der Waals surface area contributed by atoms with Crippen molar-refractivity contribution in [2.75, 3.05) is 13.1 Å². The molecular weight excluding hydrogens is 268 g/mol. The molecule has 1 saturated heterocycles. The summed E-state index contributed by atoms with van der Waals surface area (Å²) in [4.78, 5) is 24.3. The number of benzene rings is 1. The van der Waals surface area contributed by atoms with Gasteiger partial charge in [-0.05, 0) is 37.0 Å². The Bertz CT molecular complexity index is 531. The fourth-order valence-electron chi connectivity index (χ4n) is 2.34. The van der Waals surface area contributed by atoms with Crippen molar-refractivity contribution in [1.29, 1.82) is 0 Å². The molecule has 2 N–H and O–H groups in total. The van der Waals surface area contributed by atoms with Gasteiger partial charge in [0.1, 0.15) is 0 Å². The van der Waals surface area contributed by atoms with Crippen molar-refractivity contribution in [3.05, 3.63) is 41.5 Å². The molecule has 5 nitrogen and oxygen atoms in total. The standard InChI is InChI=1S/C16H20N2O3/c1-12(17-16(21)18-10-2-3-11-18)14-7-4-13(5-8-14)6-9-15(19)20/h4-9,12H,2-3,10-11H2,1H3,(H,17,21)(H,19,20). The van der Waals surface area contributed by atoms with Gasteiger partial charge in [0.05, 0.1) is 6.04 Å². The van der Waals surface area contributed by atoms with Crippen LogP contribution in [0.25, 0.3) is 6.08 Å². The van der Waals surface area contributed by atoms with E-state index in [1.54, 1.807) is 6.08 Å². The third-order valence-corrected chi connectivity index (χ3v) is 3.59. The second-order valence-corrected chi connectivity index (χ2v) is 5.20. The van der Waals surface area contributed by atoms with E-state index in [1.807, 2.05) is 36.1 Å². The number of carboxylic acids is 1. The maximum atomic E-state index is 12.0. The number of carbonyl (C=O) groups excluding carboxylic acids is 1. The van der Waals surface area contributed by atoms with Crippen LogP contribution in [0.15, 0.2) is 30.3 Å². The summed E-state index contributed by atoms with van der Waals surface area (Å²) in [6.07, 6.45) is 4.80. The highest BCUT2D eigenvalue weighted by Crippen LogP contribution is 2.16. The lowest BCUT2D eigenvalue weighted by Crippen LogP contribution is -2.39. The Morgan fingerprint density at radius 2 is 1.86 bits per heavy atom. The van der Waals surface area contributed by atoms with Crippen LogP contribution in [0.5, 0.6) is 0 Å². The monoisotopic (exact) mass is 288 g/mol. The SMILES string of the molecule is CC(NC(=O)N1CCCC1)c1ccc(C=CC(=O)O)cc1. The Morgan fingerprint density at radius 1 is 1.24 bits per heavy atom. The number of urea groups is 1. The fourth-order valence-corrected chi connectivity index (χ4v) is 2.34. The average molecular weight is 288 g/mol. The molecule has 0 radical (unpaired) electrons. The van der Waals surface area contributed by atoms with E-state index in [0.717, 1.165) is 43.1 Å². The van der Waals surface area contributed by atoms with Crippen LogP contribution in [-0.2, 0) is 4.79 Å². The summed E-state index contributed by atoms with van der Waals surface area (Å²) in [7, 11) is 0. The molecule has 1 unspecified atom stereocenters. The molecule has 1 aromatic rings. The van der Waals surface area contributed by atoms with Gasteiger partial charge >= 0.3 is 12.0 Å². The summed E-state index contributed by atoms with van der Waals surface area (Å²) in [5, 5.41) is 11.6. The van der Waals surface area contributed by atoms with E-state index in [0.29, 0.717) is 0 Å². The number of hydrogen-bond donors (Lipinski definition) is 2. The van der Waals surface area contributed by atoms with Crippen molar-refractivity contribution in [3.8, 4) is 0 Å². The predicted octanol–water partition coefficient (Wildman–Crippen LogP) is 2.65. The lowest BCUT2D eigenvalue weighted by atomic mass is 10.1. The van der Waals surface area contributed by atoms with Crippen LogP contribution in [0.1, 0.15) is 36.9 Å². The van der Waals surface area contributed by atoms with E-state index in [1.165, 1.54) is 0 Å². The van der Waals surface area contributed by atoms with Gasteiger partial charge in [0.2, 0.25) is 0 Å². The molecule has 0 bridgehead atoms. The molecule has 0 spiro atoms.